The van der Waals surface area contributed by atoms with Gasteiger partial charge in [0.1, 0.15) is 0 Å². The zero-order chi connectivity index (χ0) is 33.4. The third-order valence-electron chi connectivity index (χ3n) is 5.25. The maximum Gasteiger partial charge on any atom is 0.266 e. The van der Waals surface area contributed by atoms with Gasteiger partial charge >= 0.3 is 0 Å². The van der Waals surface area contributed by atoms with Crippen molar-refractivity contribution in [3.63, 3.8) is 0 Å². The highest BCUT2D eigenvalue weighted by Gasteiger charge is 2.13. The van der Waals surface area contributed by atoms with Crippen LogP contribution in [0, 0.1) is 0 Å². The molecule has 0 bridgehead atoms. The fourth-order valence-electron chi connectivity index (χ4n) is 3.21. The molecule has 2 atom stereocenters. The predicted molar refractivity (Wildman–Crippen MR) is 166 cm³/mol. The Morgan fingerprint density at radius 3 is 1.65 bits per heavy atom. The minimum Gasteiger partial charge on any atom is -0.394 e. The summed E-state index contributed by atoms with van der Waals surface area (Å²) in [7, 11) is -4.24. The number of hydrogen-bond donors (Lipinski definition) is 12. The van der Waals surface area contributed by atoms with E-state index < -0.39 is 41.3 Å². The van der Waals surface area contributed by atoms with Crippen LogP contribution < -0.4 is 31.9 Å². The molecule has 2 unspecified atom stereocenters. The van der Waals surface area contributed by atoms with Crippen molar-refractivity contribution in [3.05, 3.63) is 24.3 Å². The Morgan fingerprint density at radius 1 is 0.739 bits per heavy atom. The van der Waals surface area contributed by atoms with Gasteiger partial charge in [-0.25, -0.2) is 5.26 Å². The van der Waals surface area contributed by atoms with E-state index in [0.717, 1.165) is 12.0 Å². The molecule has 0 radical (unpaired) electrons. The number of aromatic nitrogens is 6. The lowest BCUT2D eigenvalue weighted by Gasteiger charge is -2.14. The Morgan fingerprint density at radius 2 is 1.20 bits per heavy atom. The zero-order valence-electron chi connectivity index (χ0n) is 23.9. The van der Waals surface area contributed by atoms with Crippen LogP contribution in [0.15, 0.2) is 24.3 Å². The van der Waals surface area contributed by atoms with Gasteiger partial charge in [0.25, 0.3) is 10.1 Å². The first-order chi connectivity index (χ1) is 22.1. The molecule has 0 aliphatic rings. The molecule has 3 rings (SSSR count). The maximum absolute atomic E-state index is 11.1. The van der Waals surface area contributed by atoms with Crippen LogP contribution in [-0.2, 0) is 19.5 Å². The molecule has 254 valence electrons. The van der Waals surface area contributed by atoms with E-state index in [1.807, 2.05) is 0 Å². The van der Waals surface area contributed by atoms with Crippen molar-refractivity contribution in [2.75, 3.05) is 82.8 Å². The molecular weight excluding hydrogens is 656 g/mol. The molecule has 0 spiro atoms. The standard InChI is InChI=1S/C22H34N12O10S2/c35-11-15(37)9-25-19-29-17(23-4-6-45-44-43-39)31-21(33-19)27-13-2-1-3-14(8-13)28-22-32-18(24-5-7-46(40,41)42)30-20(34-22)26-10-16(38)12-36/h1-3,8,15-16,35-39H,4-7,9-12H2,(H,40,41,42)(H3,23,25,27,29,31,33)(H3,24,26,28,30,32,34). The summed E-state index contributed by atoms with van der Waals surface area (Å²) >= 11 is 0.832. The fraction of sp³-hybridized carbons (Fsp3) is 0.455. The molecule has 12 N–H and O–H groups in total. The number of hydrogen-bond acceptors (Lipinski definition) is 22. The smallest absolute Gasteiger partial charge is 0.266 e. The van der Waals surface area contributed by atoms with E-state index in [9.17, 15) is 18.6 Å². The van der Waals surface area contributed by atoms with Crippen LogP contribution in [0.1, 0.15) is 0 Å². The molecule has 0 saturated carbocycles. The molecule has 0 aliphatic heterocycles. The molecule has 1 aromatic carbocycles. The van der Waals surface area contributed by atoms with Crippen LogP contribution in [0.3, 0.4) is 0 Å². The number of rotatable bonds is 22. The van der Waals surface area contributed by atoms with Crippen molar-refractivity contribution in [1.82, 2.24) is 29.9 Å². The van der Waals surface area contributed by atoms with Crippen molar-refractivity contribution in [1.29, 1.82) is 0 Å². The van der Waals surface area contributed by atoms with Crippen LogP contribution in [0.25, 0.3) is 0 Å². The quantitative estimate of drug-likeness (QED) is 0.0195. The average molecular weight is 691 g/mol. The van der Waals surface area contributed by atoms with Crippen LogP contribution in [0.4, 0.5) is 47.1 Å². The molecule has 3 aromatic rings. The van der Waals surface area contributed by atoms with E-state index in [0.29, 0.717) is 23.7 Å². The summed E-state index contributed by atoms with van der Waals surface area (Å²) in [6, 6.07) is 6.78. The van der Waals surface area contributed by atoms with Gasteiger partial charge in [0.2, 0.25) is 35.7 Å². The van der Waals surface area contributed by atoms with E-state index in [1.165, 1.54) is 0 Å². The summed E-state index contributed by atoms with van der Waals surface area (Å²) in [5.74, 6) is 0.0950. The molecule has 0 saturated heterocycles. The van der Waals surface area contributed by atoms with Gasteiger partial charge in [-0.1, -0.05) is 11.1 Å². The van der Waals surface area contributed by atoms with Crippen molar-refractivity contribution >= 4 is 69.2 Å². The summed E-state index contributed by atoms with van der Waals surface area (Å²) in [6.45, 7) is -0.995. The monoisotopic (exact) mass is 690 g/mol. The molecule has 0 amide bonds. The zero-order valence-corrected chi connectivity index (χ0v) is 25.6. The first-order valence-electron chi connectivity index (χ1n) is 13.3. The molecule has 0 aliphatic carbocycles. The van der Waals surface area contributed by atoms with Gasteiger partial charge in [-0.05, 0) is 18.2 Å². The molecular formula is C22H34N12O10S2. The molecule has 2 heterocycles. The SMILES string of the molecule is O=S(=O)(O)CCNc1nc(NCC(O)CO)nc(Nc2cccc(Nc3nc(NCCSOOO)nc(NCC(O)CO)n3)c2)n1. The normalized spacial score (nSPS) is 12.7. The fourth-order valence-corrected chi connectivity index (χ4v) is 3.87. The molecule has 46 heavy (non-hydrogen) atoms. The lowest BCUT2D eigenvalue weighted by molar-refractivity contribution is -0.432. The van der Waals surface area contributed by atoms with E-state index in [-0.39, 0.29) is 55.3 Å². The van der Waals surface area contributed by atoms with Crippen molar-refractivity contribution in [2.24, 2.45) is 0 Å². The molecule has 2 aromatic heterocycles. The number of nitrogens with zero attached hydrogens (tertiary/aromatic N) is 6. The van der Waals surface area contributed by atoms with Gasteiger partial charge in [-0.3, -0.25) is 4.55 Å². The summed E-state index contributed by atoms with van der Waals surface area (Å²) < 4.78 is 35.5. The maximum atomic E-state index is 11.1. The molecule has 0 fully saturated rings. The highest BCUT2D eigenvalue weighted by molar-refractivity contribution is 7.94. The van der Waals surface area contributed by atoms with Crippen LogP contribution in [0.5, 0.6) is 0 Å². The van der Waals surface area contributed by atoms with Gasteiger partial charge in [-0.2, -0.15) is 38.3 Å². The Balaban J connectivity index is 1.78. The third-order valence-corrected chi connectivity index (χ3v) is 6.50. The Kier molecular flexibility index (Phi) is 15.0. The Hall–Kier alpha value is -3.98. The van der Waals surface area contributed by atoms with Crippen LogP contribution in [0.2, 0.25) is 0 Å². The third kappa shape index (κ3) is 14.0. The number of aliphatic hydroxyl groups excluding tert-OH is 4. The lowest BCUT2D eigenvalue weighted by Crippen LogP contribution is -2.24. The predicted octanol–water partition coefficient (Wildman–Crippen LogP) is -1.14. The van der Waals surface area contributed by atoms with Crippen molar-refractivity contribution in [3.8, 4) is 0 Å². The van der Waals surface area contributed by atoms with Crippen LogP contribution in [-0.4, -0.2) is 132 Å². The number of anilines is 8. The summed E-state index contributed by atoms with van der Waals surface area (Å²) in [4.78, 5) is 25.4. The second-order valence-electron chi connectivity index (χ2n) is 8.98. The first-order valence-corrected chi connectivity index (χ1v) is 15.8. The van der Waals surface area contributed by atoms with Gasteiger partial charge in [0, 0.05) is 55.3 Å². The van der Waals surface area contributed by atoms with E-state index in [1.54, 1.807) is 24.3 Å². The highest BCUT2D eigenvalue weighted by Crippen LogP contribution is 2.22. The average Bonchev–Trinajstić information content (AvgIpc) is 3.01. The number of aliphatic hydroxyl groups is 4. The largest absolute Gasteiger partial charge is 0.394 e. The number of nitrogens with one attached hydrogen (secondary N) is 6. The van der Waals surface area contributed by atoms with Gasteiger partial charge in [-0.15, -0.1) is 4.33 Å². The van der Waals surface area contributed by atoms with Gasteiger partial charge < -0.3 is 52.3 Å². The summed E-state index contributed by atoms with van der Waals surface area (Å²) in [6.07, 6.45) is -2.15. The highest BCUT2D eigenvalue weighted by atomic mass is 32.2. The minimum atomic E-state index is -4.24. The second kappa shape index (κ2) is 18.9. The second-order valence-corrected chi connectivity index (χ2v) is 11.3. The van der Waals surface area contributed by atoms with Crippen LogP contribution >= 0.6 is 12.0 Å². The van der Waals surface area contributed by atoms with E-state index in [2.05, 4.69) is 71.2 Å². The van der Waals surface area contributed by atoms with E-state index >= 15 is 0 Å². The molecule has 22 nitrogen and oxygen atoms in total. The minimum absolute atomic E-state index is 0.000884. The first kappa shape index (κ1) is 36.5. The number of benzene rings is 1. The lowest BCUT2D eigenvalue weighted by atomic mass is 10.3. The molecule has 24 heteroatoms. The topological polar surface area (TPSA) is 323 Å². The van der Waals surface area contributed by atoms with Crippen molar-refractivity contribution in [2.45, 2.75) is 12.2 Å². The Bertz CT molecular complexity index is 1480. The summed E-state index contributed by atoms with van der Waals surface area (Å²) in [5.41, 5.74) is 0.999. The van der Waals surface area contributed by atoms with Gasteiger partial charge in [0.15, 0.2) is 0 Å². The van der Waals surface area contributed by atoms with Crippen molar-refractivity contribution < 1.29 is 48.0 Å². The Labute approximate surface area is 266 Å². The van der Waals surface area contributed by atoms with E-state index in [4.69, 9.17) is 20.0 Å². The van der Waals surface area contributed by atoms with Gasteiger partial charge in [0.05, 0.1) is 31.2 Å². The summed E-state index contributed by atoms with van der Waals surface area (Å²) in [5, 5.41) is 66.6.